The number of unbranched alkanes of at least 4 members (excludes halogenated alkanes) is 14. The Morgan fingerprint density at radius 2 is 0.957 bits per heavy atom. The molecule has 0 aromatic rings. The average molecular weight is 337 g/mol. The molecule has 1 heteroatoms. The lowest BCUT2D eigenvalue weighted by atomic mass is 10.0. The highest BCUT2D eigenvalue weighted by atomic mass is 28.2. The van der Waals surface area contributed by atoms with Gasteiger partial charge in [-0.25, -0.2) is 0 Å². The molecule has 0 bridgehead atoms. The van der Waals surface area contributed by atoms with E-state index in [1.165, 1.54) is 109 Å². The molecule has 0 heterocycles. The molecule has 0 aliphatic carbocycles. The molecule has 0 rings (SSSR count). The predicted molar refractivity (Wildman–Crippen MR) is 109 cm³/mol. The molecule has 0 aromatic carbocycles. The third-order valence-electron chi connectivity index (χ3n) is 4.75. The maximum Gasteiger partial charge on any atom is 0.0695 e. The number of rotatable bonds is 19. The summed E-state index contributed by atoms with van der Waals surface area (Å²) in [5.74, 6) is 0.896. The molecule has 0 aliphatic rings. The van der Waals surface area contributed by atoms with E-state index in [-0.39, 0.29) is 0 Å². The van der Waals surface area contributed by atoms with Crippen molar-refractivity contribution in [1.29, 1.82) is 0 Å². The summed E-state index contributed by atoms with van der Waals surface area (Å²) in [5.41, 5.74) is 2.08. The lowest BCUT2D eigenvalue weighted by Gasteiger charge is -2.05. The summed E-state index contributed by atoms with van der Waals surface area (Å²) in [6, 6.07) is 1.38. The van der Waals surface area contributed by atoms with E-state index in [0.717, 1.165) is 15.4 Å². The fourth-order valence-electron chi connectivity index (χ4n) is 3.18. The van der Waals surface area contributed by atoms with E-state index in [1.54, 1.807) is 0 Å². The molecule has 0 atom stereocenters. The Hall–Kier alpha value is -0.0431. The first-order valence-corrected chi connectivity index (χ1v) is 11.9. The third kappa shape index (κ3) is 22.0. The largest absolute Gasteiger partial charge is 0.107 e. The van der Waals surface area contributed by atoms with Crippen LogP contribution in [0.4, 0.5) is 0 Å². The molecule has 0 aliphatic heterocycles. The molecule has 0 amide bonds. The van der Waals surface area contributed by atoms with Crippen LogP contribution in [0.25, 0.3) is 0 Å². The van der Waals surface area contributed by atoms with Crippen LogP contribution in [0.5, 0.6) is 0 Å². The monoisotopic (exact) mass is 336 g/mol. The van der Waals surface area contributed by atoms with Crippen molar-refractivity contribution in [1.82, 2.24) is 0 Å². The maximum atomic E-state index is 3.79. The van der Waals surface area contributed by atoms with E-state index < -0.39 is 0 Å². The molecule has 0 spiro atoms. The molecule has 0 nitrogen and oxygen atoms in total. The first-order valence-electron chi connectivity index (χ1n) is 10.6. The normalized spacial score (nSPS) is 11.3. The van der Waals surface area contributed by atoms with Gasteiger partial charge in [-0.1, -0.05) is 123 Å². The Morgan fingerprint density at radius 1 is 0.609 bits per heavy atom. The second kappa shape index (κ2) is 20.0. The van der Waals surface area contributed by atoms with Crippen molar-refractivity contribution >= 4 is 9.52 Å². The van der Waals surface area contributed by atoms with Gasteiger partial charge in [0.1, 0.15) is 0 Å². The summed E-state index contributed by atoms with van der Waals surface area (Å²) < 4.78 is 0. The highest BCUT2D eigenvalue weighted by Gasteiger charge is 1.96. The summed E-state index contributed by atoms with van der Waals surface area (Å²) in [4.78, 5) is 0. The fraction of sp³-hybridized carbons (Fsp3) is 0.909. The highest BCUT2D eigenvalue weighted by molar-refractivity contribution is 6.41. The summed E-state index contributed by atoms with van der Waals surface area (Å²) in [6.45, 7) is 8.47. The van der Waals surface area contributed by atoms with E-state index >= 15 is 0 Å². The summed E-state index contributed by atoms with van der Waals surface area (Å²) in [7, 11) is 0.989. The minimum Gasteiger partial charge on any atom is -0.107 e. The van der Waals surface area contributed by atoms with E-state index in [4.69, 9.17) is 0 Å². The van der Waals surface area contributed by atoms with E-state index in [9.17, 15) is 0 Å². The van der Waals surface area contributed by atoms with Crippen LogP contribution in [0, 0.1) is 5.92 Å². The molecule has 0 aromatic heterocycles. The van der Waals surface area contributed by atoms with Crippen LogP contribution < -0.4 is 0 Å². The molecular formula is C22H44Si. The van der Waals surface area contributed by atoms with E-state index in [1.807, 2.05) is 0 Å². The molecule has 0 fully saturated rings. The van der Waals surface area contributed by atoms with Gasteiger partial charge in [0, 0.05) is 0 Å². The quantitative estimate of drug-likeness (QED) is 0.165. The molecule has 0 saturated carbocycles. The molecule has 0 N–H and O–H groups in total. The first-order chi connectivity index (χ1) is 11.3. The first kappa shape index (κ1) is 23.0. The minimum absolute atomic E-state index is 0.896. The zero-order chi connectivity index (χ0) is 17.0. The van der Waals surface area contributed by atoms with Gasteiger partial charge in [-0.3, -0.25) is 0 Å². The van der Waals surface area contributed by atoms with Crippen molar-refractivity contribution in [3.63, 3.8) is 0 Å². The highest BCUT2D eigenvalue weighted by Crippen LogP contribution is 2.15. The fourth-order valence-corrected chi connectivity index (χ4v) is 3.84. The summed E-state index contributed by atoms with van der Waals surface area (Å²) in [6.07, 6.45) is 23.4. The second-order valence-electron chi connectivity index (χ2n) is 7.64. The Kier molecular flexibility index (Phi) is 20.0. The molecule has 136 valence electrons. The lowest BCUT2D eigenvalue weighted by molar-refractivity contribution is 0.502. The van der Waals surface area contributed by atoms with Gasteiger partial charge >= 0.3 is 0 Å². The van der Waals surface area contributed by atoms with E-state index in [0.29, 0.717) is 0 Å². The zero-order valence-electron chi connectivity index (χ0n) is 16.4. The van der Waals surface area contributed by atoms with Crippen LogP contribution in [0.1, 0.15) is 117 Å². The lowest BCUT2D eigenvalue weighted by Crippen LogP contribution is -1.87. The minimum atomic E-state index is 0.896. The second-order valence-corrected chi connectivity index (χ2v) is 8.96. The van der Waals surface area contributed by atoms with Crippen LogP contribution >= 0.6 is 0 Å². The third-order valence-corrected chi connectivity index (χ3v) is 5.68. The van der Waals surface area contributed by atoms with Crippen LogP contribution in [-0.2, 0) is 0 Å². The van der Waals surface area contributed by atoms with Gasteiger partial charge in [0.05, 0.1) is 9.52 Å². The van der Waals surface area contributed by atoms with Gasteiger partial charge in [-0.05, 0) is 5.92 Å². The van der Waals surface area contributed by atoms with Gasteiger partial charge in [0.25, 0.3) is 0 Å². The number of hydrogen-bond donors (Lipinski definition) is 0. The Morgan fingerprint density at radius 3 is 1.30 bits per heavy atom. The smallest absolute Gasteiger partial charge is 0.0695 e. The van der Waals surface area contributed by atoms with Gasteiger partial charge in [0.2, 0.25) is 0 Å². The van der Waals surface area contributed by atoms with Crippen molar-refractivity contribution in [3.8, 4) is 0 Å². The SMILES string of the molecule is C=C[Si]CCCCCCCCCCCCCCCCCC(C)C. The van der Waals surface area contributed by atoms with Crippen molar-refractivity contribution in [2.45, 2.75) is 123 Å². The van der Waals surface area contributed by atoms with Gasteiger partial charge < -0.3 is 0 Å². The Balaban J connectivity index is 2.96. The van der Waals surface area contributed by atoms with Crippen LogP contribution in [0.15, 0.2) is 12.3 Å². The number of hydrogen-bond acceptors (Lipinski definition) is 0. The van der Waals surface area contributed by atoms with Crippen molar-refractivity contribution in [2.75, 3.05) is 0 Å². The maximum absolute atomic E-state index is 3.79. The Bertz CT molecular complexity index is 222. The molecule has 0 saturated heterocycles. The van der Waals surface area contributed by atoms with Crippen molar-refractivity contribution in [3.05, 3.63) is 12.3 Å². The van der Waals surface area contributed by atoms with E-state index in [2.05, 4.69) is 26.1 Å². The zero-order valence-corrected chi connectivity index (χ0v) is 17.4. The average Bonchev–Trinajstić information content (AvgIpc) is 2.53. The summed E-state index contributed by atoms with van der Waals surface area (Å²) >= 11 is 0. The predicted octanol–water partition coefficient (Wildman–Crippen LogP) is 8.15. The Labute approximate surface area is 150 Å². The molecule has 23 heavy (non-hydrogen) atoms. The summed E-state index contributed by atoms with van der Waals surface area (Å²) in [5, 5.41) is 0. The molecular weight excluding hydrogens is 292 g/mol. The topological polar surface area (TPSA) is 0 Å². The standard InChI is InChI=1S/C22H44Si/c1-4-23-21-19-17-15-13-11-9-7-5-6-8-10-12-14-16-18-20-22(2)3/h4,22H,1,5-21H2,2-3H3. The van der Waals surface area contributed by atoms with Gasteiger partial charge in [-0.15, -0.1) is 12.3 Å². The molecule has 0 unspecified atom stereocenters. The van der Waals surface area contributed by atoms with Crippen LogP contribution in [-0.4, -0.2) is 9.52 Å². The van der Waals surface area contributed by atoms with Crippen LogP contribution in [0.3, 0.4) is 0 Å². The van der Waals surface area contributed by atoms with Crippen molar-refractivity contribution < 1.29 is 0 Å². The van der Waals surface area contributed by atoms with Crippen LogP contribution in [0.2, 0.25) is 6.04 Å². The van der Waals surface area contributed by atoms with Gasteiger partial charge in [-0.2, -0.15) is 0 Å². The molecule has 2 radical (unpaired) electrons. The van der Waals surface area contributed by atoms with Crippen molar-refractivity contribution in [2.24, 2.45) is 5.92 Å². The van der Waals surface area contributed by atoms with Gasteiger partial charge in [0.15, 0.2) is 0 Å².